The zero-order chi connectivity index (χ0) is 58.4. The van der Waals surface area contributed by atoms with E-state index in [1.165, 1.54) is 150 Å². The predicted octanol–water partition coefficient (Wildman–Crippen LogP) is 18.7. The third-order valence-electron chi connectivity index (χ3n) is 19.1. The molecule has 82 heavy (non-hydrogen) atoms. The van der Waals surface area contributed by atoms with E-state index in [0.29, 0.717) is 11.8 Å². The molecule has 0 bridgehead atoms. The van der Waals surface area contributed by atoms with Crippen LogP contribution in [0, 0.1) is 6.92 Å². The van der Waals surface area contributed by atoms with Gasteiger partial charge in [-0.1, -0.05) is 215 Å². The molecule has 6 heteroatoms. The minimum atomic E-state index is -0.285. The molecule has 8 aromatic carbocycles. The van der Waals surface area contributed by atoms with Crippen molar-refractivity contribution in [1.82, 2.24) is 4.57 Å². The molecule has 0 fully saturated rings. The predicted molar refractivity (Wildman–Crippen MR) is 353 cm³/mol. The zero-order valence-corrected chi connectivity index (χ0v) is 53.4. The quantitative estimate of drug-likeness (QED) is 0.126. The number of anilines is 6. The van der Waals surface area contributed by atoms with Gasteiger partial charge in [0.2, 0.25) is 0 Å². The fourth-order valence-corrected chi connectivity index (χ4v) is 15.4. The van der Waals surface area contributed by atoms with Crippen LogP contribution in [0.5, 0.6) is 0 Å². The molecule has 0 spiro atoms. The fourth-order valence-electron chi connectivity index (χ4n) is 14.2. The summed E-state index contributed by atoms with van der Waals surface area (Å²) in [5.74, 6) is 1.85. The summed E-state index contributed by atoms with van der Waals surface area (Å²) >= 11 is 1.97. The van der Waals surface area contributed by atoms with Crippen LogP contribution in [-0.4, -0.2) is 11.3 Å². The van der Waals surface area contributed by atoms with Gasteiger partial charge in [0.15, 0.2) is 11.0 Å². The van der Waals surface area contributed by atoms with Crippen LogP contribution in [0.3, 0.4) is 0 Å². The fraction of sp³-hybridized carbons (Fsp3) is 0.355. The summed E-state index contributed by atoms with van der Waals surface area (Å²) in [6.07, 6.45) is 0. The number of rotatable bonds is 5. The van der Waals surface area contributed by atoms with Crippen LogP contribution in [0.1, 0.15) is 187 Å². The van der Waals surface area contributed by atoms with Crippen molar-refractivity contribution < 1.29 is 4.57 Å². The maximum Gasteiger partial charge on any atom is 0.295 e. The number of hydrogen-bond donors (Lipinski definition) is 0. The Balaban J connectivity index is 1.16. The summed E-state index contributed by atoms with van der Waals surface area (Å²) < 4.78 is 5.05. The van der Waals surface area contributed by atoms with Crippen LogP contribution >= 0.6 is 11.8 Å². The molecule has 9 aromatic rings. The molecule has 13 rings (SSSR count). The number of aromatic nitrogens is 2. The van der Waals surface area contributed by atoms with E-state index in [1.807, 2.05) is 11.8 Å². The third kappa shape index (κ3) is 8.10. The third-order valence-corrected chi connectivity index (χ3v) is 20.2. The van der Waals surface area contributed by atoms with Crippen molar-refractivity contribution in [3.63, 3.8) is 0 Å². The minimum absolute atomic E-state index is 0.00641. The molecule has 0 radical (unpaired) electrons. The van der Waals surface area contributed by atoms with E-state index in [-0.39, 0.29) is 33.8 Å². The van der Waals surface area contributed by atoms with Gasteiger partial charge in [0.25, 0.3) is 12.5 Å². The highest BCUT2D eigenvalue weighted by Crippen LogP contribution is 2.59. The average molecular weight is 1100 g/mol. The maximum atomic E-state index is 2.73. The van der Waals surface area contributed by atoms with E-state index in [9.17, 15) is 0 Å². The normalized spacial score (nSPS) is 15.0. The topological polar surface area (TPSA) is 15.3 Å². The van der Waals surface area contributed by atoms with Gasteiger partial charge in [-0.15, -0.1) is 0 Å². The summed E-state index contributed by atoms with van der Waals surface area (Å²) in [4.78, 5) is 8.08. The van der Waals surface area contributed by atoms with Crippen molar-refractivity contribution in [2.24, 2.45) is 7.05 Å². The van der Waals surface area contributed by atoms with Gasteiger partial charge < -0.3 is 9.80 Å². The summed E-state index contributed by atoms with van der Waals surface area (Å²) in [5.41, 5.74) is 31.1. The minimum Gasteiger partial charge on any atom is -0.311 e. The molecular weight excluding hydrogens is 1010 g/mol. The Morgan fingerprint density at radius 3 is 1.63 bits per heavy atom. The Kier molecular flexibility index (Phi) is 12.0. The number of imidazole rings is 1. The monoisotopic (exact) mass is 1100 g/mol. The first kappa shape index (κ1) is 54.5. The number of fused-ring (bicyclic) bond motifs is 9. The van der Waals surface area contributed by atoms with Crippen LogP contribution in [0.4, 0.5) is 34.1 Å². The molecule has 5 heterocycles. The lowest BCUT2D eigenvalue weighted by Gasteiger charge is -2.51. The SMILES string of the molecule is Cc1ccc(-c2cc3c4c(c2)N2c5ccc(C(C)(C)C)cc5C(C)(C)c5cc(C(C)(C)C)cc(c52)B4c2cc(C(C)(C)C)cc4c2N3c2ccc(C(C)(C)C)cc2S4)cc1-c1n(-c2c(C(C)C)cccc2C(C)C)c2ccccc2[n+]1C. The molecular formula is C76H84BN4S+. The lowest BCUT2D eigenvalue weighted by Crippen LogP contribution is -2.63. The van der Waals surface area contributed by atoms with Gasteiger partial charge in [0, 0.05) is 43.4 Å². The number of benzene rings is 8. The second kappa shape index (κ2) is 18.1. The first-order valence-electron chi connectivity index (χ1n) is 30.3. The highest BCUT2D eigenvalue weighted by molar-refractivity contribution is 7.99. The van der Waals surface area contributed by atoms with E-state index in [1.54, 1.807) is 0 Å². The van der Waals surface area contributed by atoms with Gasteiger partial charge in [-0.25, -0.2) is 4.57 Å². The summed E-state index contributed by atoms with van der Waals surface area (Å²) in [5, 5.41) is 0. The van der Waals surface area contributed by atoms with Gasteiger partial charge in [-0.3, -0.25) is 0 Å². The van der Waals surface area contributed by atoms with Crippen molar-refractivity contribution in [3.05, 3.63) is 184 Å². The summed E-state index contributed by atoms with van der Waals surface area (Å²) in [7, 11) is 2.27. The molecule has 0 saturated carbocycles. The molecule has 0 atom stereocenters. The Morgan fingerprint density at radius 2 is 1.02 bits per heavy atom. The van der Waals surface area contributed by atoms with Crippen molar-refractivity contribution >= 4 is 80.0 Å². The van der Waals surface area contributed by atoms with Gasteiger partial charge in [-0.05, 0) is 161 Å². The largest absolute Gasteiger partial charge is 0.311 e. The highest BCUT2D eigenvalue weighted by Gasteiger charge is 2.51. The van der Waals surface area contributed by atoms with Crippen molar-refractivity contribution in [2.45, 2.75) is 180 Å². The smallest absolute Gasteiger partial charge is 0.295 e. The maximum absolute atomic E-state index is 2.73. The first-order chi connectivity index (χ1) is 38.4. The molecule has 0 aliphatic carbocycles. The Hall–Kier alpha value is -6.76. The zero-order valence-electron chi connectivity index (χ0n) is 52.6. The van der Waals surface area contributed by atoms with Crippen molar-refractivity contribution in [2.75, 3.05) is 9.80 Å². The molecule has 0 amide bonds. The van der Waals surface area contributed by atoms with Gasteiger partial charge >= 0.3 is 0 Å². The van der Waals surface area contributed by atoms with Crippen LogP contribution < -0.4 is 30.8 Å². The lowest BCUT2D eigenvalue weighted by atomic mass is 9.32. The number of aryl methyl sites for hydroxylation is 2. The van der Waals surface area contributed by atoms with Crippen LogP contribution in [-0.2, 0) is 34.1 Å². The van der Waals surface area contributed by atoms with E-state index >= 15 is 0 Å². The van der Waals surface area contributed by atoms with E-state index < -0.39 is 0 Å². The van der Waals surface area contributed by atoms with Crippen LogP contribution in [0.15, 0.2) is 143 Å². The Morgan fingerprint density at radius 1 is 0.488 bits per heavy atom. The van der Waals surface area contributed by atoms with E-state index in [2.05, 4.69) is 291 Å². The molecule has 0 N–H and O–H groups in total. The number of para-hydroxylation sites is 3. The van der Waals surface area contributed by atoms with E-state index in [0.717, 1.165) is 0 Å². The first-order valence-corrected chi connectivity index (χ1v) is 31.1. The molecule has 1 aromatic heterocycles. The highest BCUT2D eigenvalue weighted by atomic mass is 32.2. The molecule has 4 nitrogen and oxygen atoms in total. The number of hydrogen-bond acceptors (Lipinski definition) is 3. The van der Waals surface area contributed by atoms with Gasteiger partial charge in [0.05, 0.1) is 29.7 Å². The van der Waals surface area contributed by atoms with Crippen molar-refractivity contribution in [3.8, 4) is 28.2 Å². The van der Waals surface area contributed by atoms with Gasteiger partial charge in [0.1, 0.15) is 5.69 Å². The van der Waals surface area contributed by atoms with E-state index in [4.69, 9.17) is 0 Å². The molecule has 4 aliphatic heterocycles. The molecule has 0 unspecified atom stereocenters. The second-order valence-electron chi connectivity index (χ2n) is 29.9. The molecule has 416 valence electrons. The molecule has 4 aliphatic rings. The van der Waals surface area contributed by atoms with Crippen molar-refractivity contribution in [1.29, 1.82) is 0 Å². The lowest BCUT2D eigenvalue weighted by molar-refractivity contribution is -0.633. The summed E-state index contributed by atoms with van der Waals surface area (Å²) in [6.45, 7) is 45.2. The average Bonchev–Trinajstić information content (AvgIpc) is 0.906. The second-order valence-corrected chi connectivity index (χ2v) is 31.0. The molecule has 0 saturated heterocycles. The van der Waals surface area contributed by atoms with Gasteiger partial charge in [-0.2, -0.15) is 4.57 Å². The summed E-state index contributed by atoms with van der Waals surface area (Å²) in [6, 6.07) is 53.6. The van der Waals surface area contributed by atoms with Crippen LogP contribution in [0.2, 0.25) is 0 Å². The number of nitrogens with zero attached hydrogens (tertiary/aromatic N) is 4. The standard InChI is InChI=1S/C76H84BN4S/c1-43(2)52-24-23-25-53(44(3)4)68(52)81-61-27-22-21-26-60(61)78(20)71(81)54-34-46(29-28-45(54)5)47-35-63-67-64(36-47)80-62-33-31-49(73(9,10)11)41-65(62)82-66-42-51(75(15,16)17)40-58(70(66)80)77(67)57-39-50(74(12,13)14)38-56-69(57)79(63)59-32-30-48(72(6,7)8)37-55(59)76(56,18)19/h21-44H,1-20H3/q+1. The Bertz CT molecular complexity index is 4170. The Labute approximate surface area is 495 Å². The van der Waals surface area contributed by atoms with Crippen LogP contribution in [0.25, 0.3) is 39.2 Å².